The van der Waals surface area contributed by atoms with E-state index in [0.717, 1.165) is 24.3 Å². The highest BCUT2D eigenvalue weighted by Crippen LogP contribution is 2.52. The first-order chi connectivity index (χ1) is 11.9. The molecule has 3 nitrogen and oxygen atoms in total. The summed E-state index contributed by atoms with van der Waals surface area (Å²) in [6, 6.07) is 9.21. The highest BCUT2D eigenvalue weighted by atomic mass is 19.4. The second-order valence-corrected chi connectivity index (χ2v) is 5.95. The average Bonchev–Trinajstić information content (AvgIpc) is 2.60. The lowest BCUT2D eigenvalue weighted by molar-refractivity contribution is -0.336. The summed E-state index contributed by atoms with van der Waals surface area (Å²) in [6.07, 6.45) is -5.96. The van der Waals surface area contributed by atoms with Gasteiger partial charge in [0, 0.05) is 19.8 Å². The van der Waals surface area contributed by atoms with Crippen LogP contribution in [0, 0.1) is 0 Å². The van der Waals surface area contributed by atoms with E-state index >= 15 is 0 Å². The average molecular weight is 375 g/mol. The van der Waals surface area contributed by atoms with Crippen molar-refractivity contribution in [2.45, 2.75) is 17.7 Å². The molecular weight excluding hydrogens is 357 g/mol. The Kier molecular flexibility index (Phi) is 5.19. The number of hydrogen-bond donors (Lipinski definition) is 1. The highest BCUT2D eigenvalue weighted by Gasteiger charge is 2.71. The molecule has 0 aliphatic heterocycles. The van der Waals surface area contributed by atoms with Gasteiger partial charge in [-0.3, -0.25) is 0 Å². The molecule has 1 atom stereocenters. The summed E-state index contributed by atoms with van der Waals surface area (Å²) in [5, 5.41) is 10.7. The van der Waals surface area contributed by atoms with E-state index in [-0.39, 0.29) is 5.75 Å². The molecule has 0 amide bonds. The van der Waals surface area contributed by atoms with Crippen LogP contribution in [0.5, 0.6) is 5.75 Å². The number of rotatable bonds is 5. The van der Waals surface area contributed by atoms with Crippen molar-refractivity contribution in [1.82, 2.24) is 0 Å². The van der Waals surface area contributed by atoms with Crippen molar-refractivity contribution in [3.05, 3.63) is 59.7 Å². The van der Waals surface area contributed by atoms with Crippen LogP contribution in [-0.4, -0.2) is 38.4 Å². The van der Waals surface area contributed by atoms with Gasteiger partial charge in [-0.1, -0.05) is 24.3 Å². The fourth-order valence-corrected chi connectivity index (χ4v) is 2.57. The third-order valence-corrected chi connectivity index (χ3v) is 4.12. The topological polar surface area (TPSA) is 32.7 Å². The normalized spacial score (nSPS) is 14.7. The zero-order valence-corrected chi connectivity index (χ0v) is 14.3. The molecule has 0 aliphatic rings. The summed E-state index contributed by atoms with van der Waals surface area (Å²) >= 11 is 0. The molecule has 0 fully saturated rings. The standard InChI is InChI=1S/C18H18F5NO2/c1-24(2)14-8-4-12(5-9-14)16(25,17(19,20)18(21,22)23)13-6-10-15(26-3)11-7-13/h4-11,25H,1-3H3. The number of hydrogen-bond acceptors (Lipinski definition) is 3. The van der Waals surface area contributed by atoms with Gasteiger partial charge in [0.25, 0.3) is 0 Å². The molecular formula is C18H18F5NO2. The molecule has 8 heteroatoms. The zero-order chi connectivity index (χ0) is 19.8. The van der Waals surface area contributed by atoms with Crippen molar-refractivity contribution >= 4 is 5.69 Å². The largest absolute Gasteiger partial charge is 0.497 e. The molecule has 0 saturated carbocycles. The number of benzene rings is 2. The van der Waals surface area contributed by atoms with E-state index < -0.39 is 28.8 Å². The highest BCUT2D eigenvalue weighted by molar-refractivity contribution is 5.50. The molecule has 0 aliphatic carbocycles. The van der Waals surface area contributed by atoms with E-state index in [4.69, 9.17) is 4.74 Å². The molecule has 0 bridgehead atoms. The maximum absolute atomic E-state index is 14.4. The lowest BCUT2D eigenvalue weighted by Gasteiger charge is -2.37. The maximum Gasteiger partial charge on any atom is 0.457 e. The minimum absolute atomic E-state index is 0.259. The van der Waals surface area contributed by atoms with Crippen LogP contribution in [0.1, 0.15) is 11.1 Å². The van der Waals surface area contributed by atoms with E-state index in [9.17, 15) is 27.1 Å². The molecule has 26 heavy (non-hydrogen) atoms. The Balaban J connectivity index is 2.68. The predicted octanol–water partition coefficient (Wildman–Crippen LogP) is 4.19. The van der Waals surface area contributed by atoms with Crippen LogP contribution < -0.4 is 9.64 Å². The summed E-state index contributed by atoms with van der Waals surface area (Å²) in [5.74, 6) is -5.16. The fourth-order valence-electron chi connectivity index (χ4n) is 2.57. The third kappa shape index (κ3) is 3.21. The first-order valence-corrected chi connectivity index (χ1v) is 7.54. The lowest BCUT2D eigenvalue weighted by atomic mass is 9.80. The molecule has 142 valence electrons. The van der Waals surface area contributed by atoms with Gasteiger partial charge in [0.05, 0.1) is 7.11 Å². The van der Waals surface area contributed by atoms with Gasteiger partial charge in [-0.25, -0.2) is 0 Å². The van der Waals surface area contributed by atoms with Crippen LogP contribution in [0.3, 0.4) is 0 Å². The van der Waals surface area contributed by atoms with Crippen LogP contribution >= 0.6 is 0 Å². The van der Waals surface area contributed by atoms with Crippen molar-refractivity contribution < 1.29 is 31.8 Å². The van der Waals surface area contributed by atoms with Crippen molar-refractivity contribution in [1.29, 1.82) is 0 Å². The summed E-state index contributed by atoms with van der Waals surface area (Å²) in [4.78, 5) is 1.65. The Bertz CT molecular complexity index is 742. The molecule has 1 N–H and O–H groups in total. The summed E-state index contributed by atoms with van der Waals surface area (Å²) in [7, 11) is 4.70. The Hall–Kier alpha value is -2.35. The fraction of sp³-hybridized carbons (Fsp3) is 0.333. The second kappa shape index (κ2) is 6.75. The number of alkyl halides is 5. The van der Waals surface area contributed by atoms with Crippen LogP contribution in [0.15, 0.2) is 48.5 Å². The molecule has 0 radical (unpaired) electrons. The van der Waals surface area contributed by atoms with E-state index in [1.165, 1.54) is 31.4 Å². The molecule has 0 heterocycles. The smallest absolute Gasteiger partial charge is 0.457 e. The van der Waals surface area contributed by atoms with Crippen molar-refractivity contribution in [2.24, 2.45) is 0 Å². The quantitative estimate of drug-likeness (QED) is 0.796. The lowest BCUT2D eigenvalue weighted by Crippen LogP contribution is -2.55. The summed E-state index contributed by atoms with van der Waals surface area (Å²) in [5.41, 5.74) is -4.18. The third-order valence-electron chi connectivity index (χ3n) is 4.12. The minimum Gasteiger partial charge on any atom is -0.497 e. The Morgan fingerprint density at radius 1 is 0.808 bits per heavy atom. The van der Waals surface area contributed by atoms with Crippen LogP contribution in [0.2, 0.25) is 0 Å². The van der Waals surface area contributed by atoms with E-state index in [0.29, 0.717) is 5.69 Å². The molecule has 2 aromatic rings. The van der Waals surface area contributed by atoms with Crippen molar-refractivity contribution in [2.75, 3.05) is 26.1 Å². The van der Waals surface area contributed by atoms with E-state index in [1.54, 1.807) is 19.0 Å². The molecule has 0 saturated heterocycles. The number of nitrogens with zero attached hydrogens (tertiary/aromatic N) is 1. The number of aliphatic hydroxyl groups is 1. The molecule has 0 aromatic heterocycles. The molecule has 1 unspecified atom stereocenters. The number of methoxy groups -OCH3 is 1. The van der Waals surface area contributed by atoms with Crippen LogP contribution in [0.25, 0.3) is 0 Å². The first kappa shape index (κ1) is 20.0. The second-order valence-electron chi connectivity index (χ2n) is 5.95. The SMILES string of the molecule is COc1ccc(C(O)(c2ccc(N(C)C)cc2)C(F)(F)C(F)(F)F)cc1. The van der Waals surface area contributed by atoms with Gasteiger partial charge in [-0.2, -0.15) is 22.0 Å². The van der Waals surface area contributed by atoms with Crippen LogP contribution in [-0.2, 0) is 5.60 Å². The molecule has 0 spiro atoms. The van der Waals surface area contributed by atoms with Gasteiger partial charge in [-0.05, 0) is 35.4 Å². The summed E-state index contributed by atoms with van der Waals surface area (Å²) < 4.78 is 73.0. The molecule has 2 aromatic carbocycles. The van der Waals surface area contributed by atoms with Gasteiger partial charge in [-0.15, -0.1) is 0 Å². The van der Waals surface area contributed by atoms with E-state index in [2.05, 4.69) is 0 Å². The maximum atomic E-state index is 14.4. The molecule has 2 rings (SSSR count). The van der Waals surface area contributed by atoms with Crippen LogP contribution in [0.4, 0.5) is 27.6 Å². The van der Waals surface area contributed by atoms with E-state index in [1.807, 2.05) is 0 Å². The number of anilines is 1. The van der Waals surface area contributed by atoms with Gasteiger partial charge in [0.15, 0.2) is 5.60 Å². The van der Waals surface area contributed by atoms with Gasteiger partial charge in [0.2, 0.25) is 0 Å². The van der Waals surface area contributed by atoms with Gasteiger partial charge >= 0.3 is 12.1 Å². The first-order valence-electron chi connectivity index (χ1n) is 7.54. The number of halogens is 5. The van der Waals surface area contributed by atoms with Gasteiger partial charge < -0.3 is 14.7 Å². The van der Waals surface area contributed by atoms with Crippen molar-refractivity contribution in [3.8, 4) is 5.75 Å². The number of ether oxygens (including phenoxy) is 1. The Morgan fingerprint density at radius 3 is 1.58 bits per heavy atom. The minimum atomic E-state index is -5.96. The Labute approximate surface area is 147 Å². The monoisotopic (exact) mass is 375 g/mol. The summed E-state index contributed by atoms with van der Waals surface area (Å²) in [6.45, 7) is 0. The Morgan fingerprint density at radius 2 is 1.23 bits per heavy atom. The predicted molar refractivity (Wildman–Crippen MR) is 87.8 cm³/mol. The zero-order valence-electron chi connectivity index (χ0n) is 14.3. The van der Waals surface area contributed by atoms with Crippen molar-refractivity contribution in [3.63, 3.8) is 0 Å². The van der Waals surface area contributed by atoms with Gasteiger partial charge in [0.1, 0.15) is 5.75 Å².